The van der Waals surface area contributed by atoms with Crippen LogP contribution in [0, 0.1) is 0 Å². The minimum Gasteiger partial charge on any atom is -0.378 e. The molecule has 1 N–H and O–H groups in total. The third kappa shape index (κ3) is 4.35. The number of hydrogen-bond donors (Lipinski definition) is 1. The molecule has 1 aliphatic heterocycles. The summed E-state index contributed by atoms with van der Waals surface area (Å²) in [6, 6.07) is 17.6. The highest BCUT2D eigenvalue weighted by Crippen LogP contribution is 2.42. The highest BCUT2D eigenvalue weighted by Gasteiger charge is 2.21. The summed E-state index contributed by atoms with van der Waals surface area (Å²) < 4.78 is 0. The van der Waals surface area contributed by atoms with Crippen molar-refractivity contribution < 1.29 is 0 Å². The molecule has 8 heteroatoms. The van der Waals surface area contributed by atoms with Gasteiger partial charge in [-0.15, -0.1) is 11.3 Å². The van der Waals surface area contributed by atoms with Crippen LogP contribution in [0.25, 0.3) is 0 Å². The maximum Gasteiger partial charge on any atom is 0.192 e. The van der Waals surface area contributed by atoms with Crippen molar-refractivity contribution in [3.8, 4) is 0 Å². The van der Waals surface area contributed by atoms with Gasteiger partial charge < -0.3 is 10.2 Å². The van der Waals surface area contributed by atoms with E-state index in [1.807, 2.05) is 67.5 Å². The Labute approximate surface area is 166 Å². The van der Waals surface area contributed by atoms with Gasteiger partial charge in [0.05, 0.1) is 17.1 Å². The zero-order chi connectivity index (χ0) is 18.6. The number of anilines is 2. The fourth-order valence-electron chi connectivity index (χ4n) is 2.45. The third-order valence-corrected chi connectivity index (χ3v) is 5.90. The molecule has 2 heterocycles. The van der Waals surface area contributed by atoms with Crippen LogP contribution in [-0.2, 0) is 0 Å². The van der Waals surface area contributed by atoms with Crippen molar-refractivity contribution >= 4 is 50.8 Å². The predicted molar refractivity (Wildman–Crippen MR) is 113 cm³/mol. The minimum atomic E-state index is -0.0584. The van der Waals surface area contributed by atoms with E-state index in [9.17, 15) is 0 Å². The van der Waals surface area contributed by atoms with E-state index in [1.54, 1.807) is 23.1 Å². The molecule has 0 bridgehead atoms. The van der Waals surface area contributed by atoms with E-state index in [1.165, 1.54) is 9.90 Å². The molecule has 0 saturated carbocycles. The highest BCUT2D eigenvalue weighted by molar-refractivity contribution is 8.00. The molecule has 136 valence electrons. The molecule has 1 unspecified atom stereocenters. The second-order valence-corrected chi connectivity index (χ2v) is 8.11. The summed E-state index contributed by atoms with van der Waals surface area (Å²) in [5, 5.41) is 23.8. The molecule has 0 fully saturated rings. The second-order valence-electron chi connectivity index (χ2n) is 6.07. The number of hydrogen-bond acceptors (Lipinski definition) is 8. The number of rotatable bonds is 5. The van der Waals surface area contributed by atoms with E-state index in [4.69, 9.17) is 0 Å². The number of nitrogens with zero attached hydrogens (tertiary/aromatic N) is 5. The molecular weight excluding hydrogens is 376 g/mol. The van der Waals surface area contributed by atoms with Crippen molar-refractivity contribution in [2.24, 2.45) is 20.5 Å². The van der Waals surface area contributed by atoms with Crippen LogP contribution in [0.1, 0.15) is 0 Å². The Balaban J connectivity index is 1.36. The molecule has 0 amide bonds. The molecular formula is C19H18N6S2. The molecule has 2 aromatic carbocycles. The van der Waals surface area contributed by atoms with E-state index in [-0.39, 0.29) is 5.50 Å². The molecule has 27 heavy (non-hydrogen) atoms. The van der Waals surface area contributed by atoms with Gasteiger partial charge in [-0.2, -0.15) is 20.5 Å². The standard InChI is InChI=1S/C19H18N6S2/c1-25(2)16-9-7-15(8-10-16)22-21-13-3-5-14(6-4-13)23-24-19-20-18-17(27-19)11-12-26-18/h3-12,19-20H,1-2H3/b22-21?,24-23-. The van der Waals surface area contributed by atoms with Gasteiger partial charge in [0.2, 0.25) is 0 Å². The summed E-state index contributed by atoms with van der Waals surface area (Å²) in [6.45, 7) is 0. The van der Waals surface area contributed by atoms with E-state index in [0.717, 1.165) is 22.7 Å². The fourth-order valence-corrected chi connectivity index (χ4v) is 4.43. The average Bonchev–Trinajstić information content (AvgIpc) is 3.27. The zero-order valence-corrected chi connectivity index (χ0v) is 16.5. The van der Waals surface area contributed by atoms with Gasteiger partial charge in [0.25, 0.3) is 0 Å². The van der Waals surface area contributed by atoms with Crippen LogP contribution >= 0.6 is 23.1 Å². The van der Waals surface area contributed by atoms with E-state index < -0.39 is 0 Å². The van der Waals surface area contributed by atoms with Crippen LogP contribution in [0.15, 0.2) is 85.3 Å². The van der Waals surface area contributed by atoms with Gasteiger partial charge in [-0.25, -0.2) is 0 Å². The van der Waals surface area contributed by atoms with Crippen LogP contribution in [0.3, 0.4) is 0 Å². The number of thiophene rings is 1. The monoisotopic (exact) mass is 394 g/mol. The molecule has 6 nitrogen and oxygen atoms in total. The predicted octanol–water partition coefficient (Wildman–Crippen LogP) is 6.81. The Hall–Kier alpha value is -2.71. The molecule has 3 aromatic rings. The van der Waals surface area contributed by atoms with Crippen molar-refractivity contribution in [3.63, 3.8) is 0 Å². The average molecular weight is 395 g/mol. The Morgan fingerprint density at radius 1 is 0.815 bits per heavy atom. The first-order valence-corrected chi connectivity index (χ1v) is 10.1. The zero-order valence-electron chi connectivity index (χ0n) is 14.9. The smallest absolute Gasteiger partial charge is 0.192 e. The molecule has 0 saturated heterocycles. The van der Waals surface area contributed by atoms with Crippen LogP contribution in [-0.4, -0.2) is 19.6 Å². The Morgan fingerprint density at radius 2 is 1.41 bits per heavy atom. The first-order chi connectivity index (χ1) is 13.2. The second kappa shape index (κ2) is 7.89. The molecule has 1 atom stereocenters. The van der Waals surface area contributed by atoms with E-state index in [2.05, 4.69) is 37.2 Å². The normalized spacial score (nSPS) is 16.0. The lowest BCUT2D eigenvalue weighted by Gasteiger charge is -2.11. The highest BCUT2D eigenvalue weighted by atomic mass is 32.2. The molecule has 4 rings (SSSR count). The Bertz CT molecular complexity index is 940. The lowest BCUT2D eigenvalue weighted by atomic mass is 10.3. The summed E-state index contributed by atoms with van der Waals surface area (Å²) in [5.41, 5.74) is 3.47. The first-order valence-electron chi connectivity index (χ1n) is 8.38. The van der Waals surface area contributed by atoms with E-state index >= 15 is 0 Å². The number of benzene rings is 2. The Morgan fingerprint density at radius 3 is 2.00 bits per heavy atom. The van der Waals surface area contributed by atoms with Crippen molar-refractivity contribution in [3.05, 3.63) is 60.0 Å². The number of thioether (sulfide) groups is 1. The summed E-state index contributed by atoms with van der Waals surface area (Å²) in [4.78, 5) is 3.28. The lowest BCUT2D eigenvalue weighted by Crippen LogP contribution is -2.07. The maximum atomic E-state index is 4.35. The number of nitrogens with one attached hydrogen (secondary N) is 1. The summed E-state index contributed by atoms with van der Waals surface area (Å²) in [7, 11) is 4.02. The molecule has 0 aliphatic carbocycles. The van der Waals surface area contributed by atoms with Gasteiger partial charge >= 0.3 is 0 Å². The third-order valence-electron chi connectivity index (χ3n) is 3.90. The molecule has 0 radical (unpaired) electrons. The molecule has 1 aromatic heterocycles. The van der Waals surface area contributed by atoms with Crippen LogP contribution in [0.2, 0.25) is 0 Å². The van der Waals surface area contributed by atoms with Crippen LogP contribution in [0.5, 0.6) is 0 Å². The van der Waals surface area contributed by atoms with Gasteiger partial charge in [-0.3, -0.25) is 0 Å². The van der Waals surface area contributed by atoms with Gasteiger partial charge in [-0.1, -0.05) is 11.8 Å². The SMILES string of the molecule is CN(C)c1ccc(N=Nc2ccc(/N=N\C3Nc4sccc4S3)cc2)cc1. The van der Waals surface area contributed by atoms with Crippen molar-refractivity contribution in [1.82, 2.24) is 0 Å². The van der Waals surface area contributed by atoms with Gasteiger partial charge in [-0.05, 0) is 60.0 Å². The van der Waals surface area contributed by atoms with Gasteiger partial charge in [0.15, 0.2) is 5.50 Å². The fraction of sp³-hybridized carbons (Fsp3) is 0.158. The minimum absolute atomic E-state index is 0.0584. The lowest BCUT2D eigenvalue weighted by molar-refractivity contribution is 0.971. The van der Waals surface area contributed by atoms with Crippen LogP contribution < -0.4 is 10.2 Å². The maximum absolute atomic E-state index is 4.35. The molecule has 1 aliphatic rings. The summed E-state index contributed by atoms with van der Waals surface area (Å²) in [6.07, 6.45) is 0. The van der Waals surface area contributed by atoms with Crippen molar-refractivity contribution in [1.29, 1.82) is 0 Å². The topological polar surface area (TPSA) is 64.7 Å². The van der Waals surface area contributed by atoms with Gasteiger partial charge in [0, 0.05) is 24.7 Å². The van der Waals surface area contributed by atoms with E-state index in [0.29, 0.717) is 0 Å². The quantitative estimate of drug-likeness (QED) is 0.483. The first kappa shape index (κ1) is 17.7. The van der Waals surface area contributed by atoms with Crippen molar-refractivity contribution in [2.75, 3.05) is 24.3 Å². The summed E-state index contributed by atoms with van der Waals surface area (Å²) >= 11 is 3.36. The number of fused-ring (bicyclic) bond motifs is 1. The number of azo groups is 2. The summed E-state index contributed by atoms with van der Waals surface area (Å²) in [5.74, 6) is 0. The molecule has 0 spiro atoms. The van der Waals surface area contributed by atoms with Crippen LogP contribution in [0.4, 0.5) is 27.8 Å². The van der Waals surface area contributed by atoms with Crippen molar-refractivity contribution in [2.45, 2.75) is 10.4 Å². The Kier molecular flexibility index (Phi) is 5.17. The largest absolute Gasteiger partial charge is 0.378 e. The van der Waals surface area contributed by atoms with Gasteiger partial charge in [0.1, 0.15) is 5.00 Å².